The van der Waals surface area contributed by atoms with Crippen LogP contribution in [0.5, 0.6) is 5.75 Å². The lowest BCUT2D eigenvalue weighted by Gasteiger charge is -2.14. The zero-order chi connectivity index (χ0) is 18.5. The predicted octanol–water partition coefficient (Wildman–Crippen LogP) is 1.70. The molecule has 1 aliphatic rings. The van der Waals surface area contributed by atoms with Gasteiger partial charge in [0.25, 0.3) is 0 Å². The average molecular weight is 352 g/mol. The second kappa shape index (κ2) is 8.01. The van der Waals surface area contributed by atoms with E-state index in [1.807, 2.05) is 31.2 Å². The van der Waals surface area contributed by atoms with Gasteiger partial charge in [0.15, 0.2) is 0 Å². The van der Waals surface area contributed by atoms with E-state index in [0.29, 0.717) is 30.8 Å². The molecule has 1 aliphatic heterocycles. The number of nitrogen functional groups attached to an aromatic ring is 1. The molecule has 5 N–H and O–H groups in total. The zero-order valence-corrected chi connectivity index (χ0v) is 14.8. The van der Waals surface area contributed by atoms with Crippen molar-refractivity contribution in [2.45, 2.75) is 32.0 Å². The van der Waals surface area contributed by atoms with Gasteiger partial charge in [0.05, 0.1) is 6.04 Å². The van der Waals surface area contributed by atoms with Gasteiger partial charge in [0.1, 0.15) is 17.7 Å². The van der Waals surface area contributed by atoms with Gasteiger partial charge in [0.2, 0.25) is 5.91 Å². The molecule has 2 atom stereocenters. The Labute approximate surface area is 153 Å². The number of carbonyl (C=O) groups is 1. The van der Waals surface area contributed by atoms with E-state index in [2.05, 4.69) is 16.7 Å². The van der Waals surface area contributed by atoms with E-state index in [4.69, 9.17) is 15.9 Å². The highest BCUT2D eigenvalue weighted by Gasteiger charge is 2.30. The number of carbonyl (C=O) groups excluding carboxylic acids is 1. The summed E-state index contributed by atoms with van der Waals surface area (Å²) in [5.74, 6) is 0.647. The molecule has 6 nitrogen and oxygen atoms in total. The number of ether oxygens (including phenoxy) is 1. The van der Waals surface area contributed by atoms with Crippen molar-refractivity contribution in [2.24, 2.45) is 5.73 Å². The lowest BCUT2D eigenvalue weighted by atomic mass is 10.1. The summed E-state index contributed by atoms with van der Waals surface area (Å²) in [6.07, 6.45) is 0.510. The lowest BCUT2D eigenvalue weighted by molar-refractivity contribution is -0.123. The SMILES string of the molecule is Cc1cccc(CNC(=O)C2CC(Oc3cccc(C(=N)N)c3)CN2)c1. The molecular weight excluding hydrogens is 328 g/mol. The minimum Gasteiger partial charge on any atom is -0.489 e. The standard InChI is InChI=1S/C20H24N4O2/c1-13-4-2-5-14(8-13)11-24-20(25)18-10-17(12-23-18)26-16-7-3-6-15(9-16)19(21)22/h2-9,17-18,23H,10-12H2,1H3,(H3,21,22)(H,24,25). The summed E-state index contributed by atoms with van der Waals surface area (Å²) in [6, 6.07) is 15.0. The molecule has 0 bridgehead atoms. The Morgan fingerprint density at radius 1 is 1.31 bits per heavy atom. The quantitative estimate of drug-likeness (QED) is 0.470. The highest BCUT2D eigenvalue weighted by atomic mass is 16.5. The van der Waals surface area contributed by atoms with Gasteiger partial charge < -0.3 is 21.1 Å². The van der Waals surface area contributed by atoms with Crippen molar-refractivity contribution >= 4 is 11.7 Å². The highest BCUT2D eigenvalue weighted by Crippen LogP contribution is 2.19. The van der Waals surface area contributed by atoms with Gasteiger partial charge in [-0.2, -0.15) is 0 Å². The number of amides is 1. The van der Waals surface area contributed by atoms with Crippen molar-refractivity contribution in [3.8, 4) is 5.75 Å². The van der Waals surface area contributed by atoms with Crippen LogP contribution >= 0.6 is 0 Å². The van der Waals surface area contributed by atoms with E-state index in [1.54, 1.807) is 18.2 Å². The molecule has 1 heterocycles. The maximum Gasteiger partial charge on any atom is 0.237 e. The molecule has 26 heavy (non-hydrogen) atoms. The fraction of sp³-hybridized carbons (Fsp3) is 0.300. The minimum absolute atomic E-state index is 0.00778. The molecule has 0 aliphatic carbocycles. The molecular formula is C20H24N4O2. The van der Waals surface area contributed by atoms with Crippen LogP contribution in [0.4, 0.5) is 0 Å². The van der Waals surface area contributed by atoms with Crippen LogP contribution in [0.3, 0.4) is 0 Å². The summed E-state index contributed by atoms with van der Waals surface area (Å²) >= 11 is 0. The van der Waals surface area contributed by atoms with Crippen LogP contribution in [-0.4, -0.2) is 30.4 Å². The van der Waals surface area contributed by atoms with E-state index >= 15 is 0 Å². The van der Waals surface area contributed by atoms with E-state index in [0.717, 1.165) is 5.56 Å². The predicted molar refractivity (Wildman–Crippen MR) is 101 cm³/mol. The molecule has 0 aromatic heterocycles. The molecule has 0 radical (unpaired) electrons. The minimum atomic E-state index is -0.263. The van der Waals surface area contributed by atoms with Gasteiger partial charge in [-0.3, -0.25) is 10.2 Å². The number of hydrogen-bond acceptors (Lipinski definition) is 4. The Hall–Kier alpha value is -2.86. The van der Waals surface area contributed by atoms with Crippen LogP contribution in [0, 0.1) is 12.3 Å². The monoisotopic (exact) mass is 352 g/mol. The summed E-state index contributed by atoms with van der Waals surface area (Å²) < 4.78 is 5.93. The fourth-order valence-electron chi connectivity index (χ4n) is 3.06. The summed E-state index contributed by atoms with van der Waals surface area (Å²) in [6.45, 7) is 3.16. The Balaban J connectivity index is 1.51. The van der Waals surface area contributed by atoms with Crippen molar-refractivity contribution < 1.29 is 9.53 Å². The van der Waals surface area contributed by atoms with Gasteiger partial charge in [-0.05, 0) is 24.6 Å². The third kappa shape index (κ3) is 4.61. The molecule has 136 valence electrons. The summed E-state index contributed by atoms with van der Waals surface area (Å²) in [4.78, 5) is 12.4. The first-order valence-electron chi connectivity index (χ1n) is 8.69. The van der Waals surface area contributed by atoms with Crippen molar-refractivity contribution in [3.05, 3.63) is 65.2 Å². The molecule has 1 fully saturated rings. The van der Waals surface area contributed by atoms with Crippen molar-refractivity contribution in [1.29, 1.82) is 5.41 Å². The van der Waals surface area contributed by atoms with Crippen LogP contribution in [0.15, 0.2) is 48.5 Å². The highest BCUT2D eigenvalue weighted by molar-refractivity contribution is 5.95. The molecule has 1 saturated heterocycles. The molecule has 0 saturated carbocycles. The van der Waals surface area contributed by atoms with Crippen LogP contribution in [0.25, 0.3) is 0 Å². The first kappa shape index (κ1) is 17.9. The van der Waals surface area contributed by atoms with Gasteiger partial charge >= 0.3 is 0 Å². The van der Waals surface area contributed by atoms with Crippen LogP contribution in [0.1, 0.15) is 23.1 Å². The Kier molecular flexibility index (Phi) is 5.53. The number of benzene rings is 2. The van der Waals surface area contributed by atoms with E-state index in [1.165, 1.54) is 5.56 Å². The lowest BCUT2D eigenvalue weighted by Crippen LogP contribution is -2.40. The van der Waals surface area contributed by atoms with Crippen LogP contribution in [0.2, 0.25) is 0 Å². The maximum atomic E-state index is 12.4. The molecule has 0 spiro atoms. The maximum absolute atomic E-state index is 12.4. The smallest absolute Gasteiger partial charge is 0.237 e. The molecule has 1 amide bonds. The van der Waals surface area contributed by atoms with E-state index in [9.17, 15) is 4.79 Å². The van der Waals surface area contributed by atoms with Crippen molar-refractivity contribution in [2.75, 3.05) is 6.54 Å². The normalized spacial score (nSPS) is 19.1. The molecule has 2 unspecified atom stereocenters. The third-order valence-corrected chi connectivity index (χ3v) is 4.40. The van der Waals surface area contributed by atoms with E-state index < -0.39 is 0 Å². The molecule has 2 aromatic carbocycles. The second-order valence-corrected chi connectivity index (χ2v) is 6.58. The summed E-state index contributed by atoms with van der Waals surface area (Å²) in [7, 11) is 0. The number of hydrogen-bond donors (Lipinski definition) is 4. The Morgan fingerprint density at radius 3 is 2.88 bits per heavy atom. The first-order valence-corrected chi connectivity index (χ1v) is 8.69. The number of amidine groups is 1. The molecule has 6 heteroatoms. The number of aryl methyl sites for hydroxylation is 1. The molecule has 2 aromatic rings. The first-order chi connectivity index (χ1) is 12.5. The number of nitrogens with two attached hydrogens (primary N) is 1. The van der Waals surface area contributed by atoms with Crippen molar-refractivity contribution in [3.63, 3.8) is 0 Å². The fourth-order valence-corrected chi connectivity index (χ4v) is 3.06. The Bertz CT molecular complexity index is 806. The zero-order valence-electron chi connectivity index (χ0n) is 14.8. The number of nitrogens with one attached hydrogen (secondary N) is 3. The largest absolute Gasteiger partial charge is 0.489 e. The topological polar surface area (TPSA) is 100 Å². The summed E-state index contributed by atoms with van der Waals surface area (Å²) in [5, 5.41) is 13.7. The van der Waals surface area contributed by atoms with Gasteiger partial charge in [-0.25, -0.2) is 0 Å². The molecule has 3 rings (SSSR count). The van der Waals surface area contributed by atoms with Crippen molar-refractivity contribution in [1.82, 2.24) is 10.6 Å². The number of rotatable bonds is 6. The summed E-state index contributed by atoms with van der Waals surface area (Å²) in [5.41, 5.74) is 8.40. The van der Waals surface area contributed by atoms with E-state index in [-0.39, 0.29) is 23.9 Å². The van der Waals surface area contributed by atoms with Crippen LogP contribution in [-0.2, 0) is 11.3 Å². The van der Waals surface area contributed by atoms with Gasteiger partial charge in [-0.1, -0.05) is 42.0 Å². The van der Waals surface area contributed by atoms with Gasteiger partial charge in [0, 0.05) is 25.1 Å². The Morgan fingerprint density at radius 2 is 2.12 bits per heavy atom. The average Bonchev–Trinajstić information content (AvgIpc) is 3.08. The second-order valence-electron chi connectivity index (χ2n) is 6.58. The van der Waals surface area contributed by atoms with Crippen LogP contribution < -0.4 is 21.1 Å². The van der Waals surface area contributed by atoms with Gasteiger partial charge in [-0.15, -0.1) is 0 Å². The third-order valence-electron chi connectivity index (χ3n) is 4.40.